The van der Waals surface area contributed by atoms with E-state index < -0.39 is 6.61 Å². The largest absolute Gasteiger partial charge is 0.435 e. The number of nitrogens with two attached hydrogens (primary N) is 1. The first-order valence-electron chi connectivity index (χ1n) is 6.15. The highest BCUT2D eigenvalue weighted by Gasteiger charge is 2.16. The summed E-state index contributed by atoms with van der Waals surface area (Å²) in [5.41, 5.74) is 6.83. The number of ether oxygens (including phenoxy) is 1. The third kappa shape index (κ3) is 3.92. The highest BCUT2D eigenvalue weighted by atomic mass is 19.3. The van der Waals surface area contributed by atoms with Crippen LogP contribution in [-0.4, -0.2) is 30.6 Å². The molecule has 5 heteroatoms. The van der Waals surface area contributed by atoms with Crippen molar-refractivity contribution in [2.75, 3.05) is 13.1 Å². The Morgan fingerprint density at radius 1 is 1.33 bits per heavy atom. The molecular weight excluding hydrogens is 238 g/mol. The third-order valence-corrected chi connectivity index (χ3v) is 3.16. The van der Waals surface area contributed by atoms with E-state index in [2.05, 4.69) is 9.64 Å². The second-order valence-electron chi connectivity index (χ2n) is 4.64. The molecule has 1 aromatic rings. The van der Waals surface area contributed by atoms with Gasteiger partial charge in [0, 0.05) is 12.6 Å². The fraction of sp³-hybridized carbons (Fsp3) is 0.538. The van der Waals surface area contributed by atoms with Gasteiger partial charge in [-0.25, -0.2) is 0 Å². The molecule has 0 aliphatic carbocycles. The van der Waals surface area contributed by atoms with Crippen molar-refractivity contribution < 1.29 is 13.5 Å². The molecule has 1 aromatic carbocycles. The van der Waals surface area contributed by atoms with Gasteiger partial charge in [0.05, 0.1) is 0 Å². The summed E-state index contributed by atoms with van der Waals surface area (Å²) in [5.74, 6) is 0.219. The number of benzene rings is 1. The van der Waals surface area contributed by atoms with E-state index in [1.807, 2.05) is 6.07 Å². The van der Waals surface area contributed by atoms with Gasteiger partial charge in [0.2, 0.25) is 0 Å². The van der Waals surface area contributed by atoms with Crippen LogP contribution in [0.25, 0.3) is 0 Å². The minimum absolute atomic E-state index is 0.219. The van der Waals surface area contributed by atoms with Gasteiger partial charge in [-0.05, 0) is 43.6 Å². The van der Waals surface area contributed by atoms with E-state index in [1.54, 1.807) is 18.2 Å². The fourth-order valence-corrected chi connectivity index (χ4v) is 2.19. The lowest BCUT2D eigenvalue weighted by Gasteiger charge is -2.30. The average Bonchev–Trinajstić information content (AvgIpc) is 2.32. The molecule has 1 heterocycles. The van der Waals surface area contributed by atoms with Crippen LogP contribution in [0.1, 0.15) is 18.4 Å². The second-order valence-corrected chi connectivity index (χ2v) is 4.64. The lowest BCUT2D eigenvalue weighted by atomic mass is 10.1. The molecule has 2 rings (SSSR count). The summed E-state index contributed by atoms with van der Waals surface area (Å²) in [6.45, 7) is -0.0942. The number of rotatable bonds is 4. The van der Waals surface area contributed by atoms with Gasteiger partial charge >= 0.3 is 6.61 Å². The lowest BCUT2D eigenvalue weighted by Crippen LogP contribution is -2.39. The zero-order chi connectivity index (χ0) is 13.0. The maximum atomic E-state index is 12.1. The number of alkyl halides is 2. The van der Waals surface area contributed by atoms with Gasteiger partial charge in [-0.3, -0.25) is 4.90 Å². The molecule has 0 spiro atoms. The number of likely N-dealkylation sites (tertiary alicyclic amines) is 1. The van der Waals surface area contributed by atoms with E-state index in [9.17, 15) is 8.78 Å². The Labute approximate surface area is 106 Å². The van der Waals surface area contributed by atoms with Crippen molar-refractivity contribution in [3.05, 3.63) is 29.8 Å². The van der Waals surface area contributed by atoms with Crippen LogP contribution in [0.2, 0.25) is 0 Å². The first-order valence-corrected chi connectivity index (χ1v) is 6.15. The maximum Gasteiger partial charge on any atom is 0.387 e. The summed E-state index contributed by atoms with van der Waals surface area (Å²) < 4.78 is 28.6. The van der Waals surface area contributed by atoms with Gasteiger partial charge in [-0.1, -0.05) is 12.1 Å². The first-order chi connectivity index (χ1) is 8.63. The van der Waals surface area contributed by atoms with Crippen molar-refractivity contribution in [3.63, 3.8) is 0 Å². The van der Waals surface area contributed by atoms with Crippen LogP contribution in [0.15, 0.2) is 24.3 Å². The molecule has 3 nitrogen and oxygen atoms in total. The molecule has 1 aliphatic rings. The van der Waals surface area contributed by atoms with Crippen LogP contribution < -0.4 is 10.5 Å². The Morgan fingerprint density at radius 3 is 2.72 bits per heavy atom. The topological polar surface area (TPSA) is 38.5 Å². The summed E-state index contributed by atoms with van der Waals surface area (Å²) in [4.78, 5) is 2.28. The van der Waals surface area contributed by atoms with Crippen LogP contribution in [-0.2, 0) is 6.54 Å². The predicted molar refractivity (Wildman–Crippen MR) is 65.6 cm³/mol. The first kappa shape index (κ1) is 13.2. The van der Waals surface area contributed by atoms with Crippen molar-refractivity contribution >= 4 is 0 Å². The minimum Gasteiger partial charge on any atom is -0.435 e. The Bertz CT molecular complexity index is 379. The average molecular weight is 256 g/mol. The van der Waals surface area contributed by atoms with Gasteiger partial charge < -0.3 is 10.5 Å². The molecule has 0 aromatic heterocycles. The molecule has 100 valence electrons. The summed E-state index contributed by atoms with van der Waals surface area (Å²) in [6.07, 6.45) is 1.99. The van der Waals surface area contributed by atoms with Gasteiger partial charge in [-0.2, -0.15) is 8.78 Å². The Morgan fingerprint density at radius 2 is 2.06 bits per heavy atom. The quantitative estimate of drug-likeness (QED) is 0.897. The van der Waals surface area contributed by atoms with E-state index in [4.69, 9.17) is 5.73 Å². The van der Waals surface area contributed by atoms with Crippen molar-refractivity contribution in [1.29, 1.82) is 0 Å². The molecule has 18 heavy (non-hydrogen) atoms. The number of piperidine rings is 1. The monoisotopic (exact) mass is 256 g/mol. The number of halogens is 2. The normalized spacial score (nSPS) is 18.2. The van der Waals surface area contributed by atoms with Crippen molar-refractivity contribution in [2.24, 2.45) is 5.73 Å². The van der Waals surface area contributed by atoms with Gasteiger partial charge in [-0.15, -0.1) is 0 Å². The van der Waals surface area contributed by atoms with Crippen LogP contribution >= 0.6 is 0 Å². The molecule has 0 saturated carbocycles. The van der Waals surface area contributed by atoms with Gasteiger partial charge in [0.15, 0.2) is 0 Å². The van der Waals surface area contributed by atoms with Crippen molar-refractivity contribution in [3.8, 4) is 5.75 Å². The molecule has 0 bridgehead atoms. The fourth-order valence-electron chi connectivity index (χ4n) is 2.19. The molecule has 0 amide bonds. The van der Waals surface area contributed by atoms with Gasteiger partial charge in [0.25, 0.3) is 0 Å². The van der Waals surface area contributed by atoms with Crippen LogP contribution in [0, 0.1) is 0 Å². The van der Waals surface area contributed by atoms with Crippen LogP contribution in [0.5, 0.6) is 5.75 Å². The van der Waals surface area contributed by atoms with Crippen LogP contribution in [0.4, 0.5) is 8.78 Å². The zero-order valence-corrected chi connectivity index (χ0v) is 10.2. The SMILES string of the molecule is NC1CCN(Cc2cccc(OC(F)F)c2)CC1. The lowest BCUT2D eigenvalue weighted by molar-refractivity contribution is -0.0499. The van der Waals surface area contributed by atoms with Crippen molar-refractivity contribution in [1.82, 2.24) is 4.90 Å². The minimum atomic E-state index is -2.77. The second kappa shape index (κ2) is 6.11. The molecular formula is C13H18F2N2O. The van der Waals surface area contributed by atoms with Crippen molar-refractivity contribution in [2.45, 2.75) is 32.0 Å². The summed E-state index contributed by atoms with van der Waals surface area (Å²) in [5, 5.41) is 0. The van der Waals surface area contributed by atoms with E-state index in [0.717, 1.165) is 38.0 Å². The third-order valence-electron chi connectivity index (χ3n) is 3.16. The molecule has 0 atom stereocenters. The smallest absolute Gasteiger partial charge is 0.387 e. The van der Waals surface area contributed by atoms with E-state index >= 15 is 0 Å². The summed E-state index contributed by atoms with van der Waals surface area (Å²) in [7, 11) is 0. The molecule has 0 unspecified atom stereocenters. The van der Waals surface area contributed by atoms with Crippen LogP contribution in [0.3, 0.4) is 0 Å². The summed E-state index contributed by atoms with van der Waals surface area (Å²) >= 11 is 0. The molecule has 1 fully saturated rings. The molecule has 1 aliphatic heterocycles. The van der Waals surface area contributed by atoms with E-state index in [0.29, 0.717) is 6.04 Å². The zero-order valence-electron chi connectivity index (χ0n) is 10.2. The number of hydrogen-bond donors (Lipinski definition) is 1. The highest BCUT2D eigenvalue weighted by Crippen LogP contribution is 2.18. The Hall–Kier alpha value is -1.20. The highest BCUT2D eigenvalue weighted by molar-refractivity contribution is 5.28. The molecule has 2 N–H and O–H groups in total. The molecule has 1 saturated heterocycles. The summed E-state index contributed by atoms with van der Waals surface area (Å²) in [6, 6.07) is 7.17. The number of nitrogens with zero attached hydrogens (tertiary/aromatic N) is 1. The molecule has 0 radical (unpaired) electrons. The number of hydrogen-bond acceptors (Lipinski definition) is 3. The Balaban J connectivity index is 1.92. The Kier molecular flexibility index (Phi) is 4.49. The van der Waals surface area contributed by atoms with E-state index in [1.165, 1.54) is 0 Å². The van der Waals surface area contributed by atoms with E-state index in [-0.39, 0.29) is 5.75 Å². The predicted octanol–water partition coefficient (Wildman–Crippen LogP) is 2.21. The maximum absolute atomic E-state index is 12.1. The standard InChI is InChI=1S/C13H18F2N2O/c14-13(15)18-12-3-1-2-10(8-12)9-17-6-4-11(16)5-7-17/h1-3,8,11,13H,4-7,9,16H2. The van der Waals surface area contributed by atoms with Gasteiger partial charge in [0.1, 0.15) is 5.75 Å².